The Bertz CT molecular complexity index is 872. The number of aromatic nitrogens is 3. The number of hydrogen-bond acceptors (Lipinski definition) is 6. The molecule has 132 valence electrons. The lowest BCUT2D eigenvalue weighted by Gasteiger charge is -2.20. The Morgan fingerprint density at radius 3 is 2.60 bits per heavy atom. The van der Waals surface area contributed by atoms with Gasteiger partial charge in [0.15, 0.2) is 0 Å². The molecule has 0 saturated heterocycles. The van der Waals surface area contributed by atoms with Crippen LogP contribution in [0, 0.1) is 18.3 Å². The van der Waals surface area contributed by atoms with Gasteiger partial charge in [0.25, 0.3) is 5.97 Å². The van der Waals surface area contributed by atoms with Gasteiger partial charge in [0.2, 0.25) is 0 Å². The van der Waals surface area contributed by atoms with Crippen LogP contribution in [0.5, 0.6) is 0 Å². The molecule has 3 rings (SSSR count). The third-order valence-electron chi connectivity index (χ3n) is 4.21. The summed E-state index contributed by atoms with van der Waals surface area (Å²) in [5, 5.41) is 20.3. The number of imidazole rings is 1. The largest absolute Gasteiger partial charge is 0.481 e. The number of anilines is 1. The molecule has 0 fully saturated rings. The van der Waals surface area contributed by atoms with Crippen molar-refractivity contribution in [3.05, 3.63) is 28.8 Å². The molecular formula is C17H22N6O2. The monoisotopic (exact) mass is 342 g/mol. The molecule has 0 aromatic carbocycles. The summed E-state index contributed by atoms with van der Waals surface area (Å²) < 4.78 is 1.97. The van der Waals surface area contributed by atoms with E-state index in [2.05, 4.69) is 35.2 Å². The zero-order chi connectivity index (χ0) is 18.9. The normalized spacial score (nSPS) is 14.2. The molecule has 0 saturated carbocycles. The third kappa shape index (κ3) is 3.32. The molecule has 0 unspecified atom stereocenters. The van der Waals surface area contributed by atoms with Gasteiger partial charge in [0.05, 0.1) is 23.1 Å². The van der Waals surface area contributed by atoms with Crippen molar-refractivity contribution in [2.75, 3.05) is 5.73 Å². The molecule has 25 heavy (non-hydrogen) atoms. The van der Waals surface area contributed by atoms with Gasteiger partial charge < -0.3 is 20.7 Å². The second kappa shape index (κ2) is 6.53. The number of hydrogen-bond donors (Lipinski definition) is 3. The topological polar surface area (TPSA) is 130 Å². The number of rotatable bonds is 1. The fourth-order valence-electron chi connectivity index (χ4n) is 2.85. The van der Waals surface area contributed by atoms with Crippen molar-refractivity contribution in [1.29, 1.82) is 5.26 Å². The summed E-state index contributed by atoms with van der Waals surface area (Å²) in [6.45, 7) is 7.82. The minimum atomic E-state index is -0.833. The number of pyridine rings is 1. The molecule has 2 aromatic rings. The number of nitrogens with zero attached hydrogens (tertiary/aromatic N) is 4. The maximum absolute atomic E-state index is 9.50. The number of nitrogens with two attached hydrogens (primary N) is 1. The van der Waals surface area contributed by atoms with E-state index in [0.717, 1.165) is 35.3 Å². The van der Waals surface area contributed by atoms with E-state index in [9.17, 15) is 5.26 Å². The van der Waals surface area contributed by atoms with Crippen molar-refractivity contribution >= 4 is 11.8 Å². The molecule has 2 aromatic heterocycles. The van der Waals surface area contributed by atoms with Crippen LogP contribution < -0.4 is 11.1 Å². The van der Waals surface area contributed by atoms with Gasteiger partial charge in [-0.2, -0.15) is 5.26 Å². The summed E-state index contributed by atoms with van der Waals surface area (Å²) >= 11 is 0. The molecule has 0 bridgehead atoms. The molecule has 0 radical (unpaired) electrons. The molecule has 0 spiro atoms. The van der Waals surface area contributed by atoms with Gasteiger partial charge in [-0.25, -0.2) is 9.97 Å². The first-order chi connectivity index (χ1) is 11.6. The second-order valence-electron chi connectivity index (χ2n) is 6.43. The standard InChI is InChI=1S/C15H18N6.C2H4O2/c1-8-18-7-11(21(8)4)12-9(5-16)14(17)20-13-10(12)6-19-15(13,2)3;1-2(3)4/h7,19H,6H2,1-4H3,(H2,17,20);1H3,(H,3,4). The average Bonchev–Trinajstić information content (AvgIpc) is 2.98. The fourth-order valence-corrected chi connectivity index (χ4v) is 2.85. The number of aryl methyl sites for hydroxylation is 1. The van der Waals surface area contributed by atoms with Crippen LogP contribution in [0.25, 0.3) is 11.3 Å². The Morgan fingerprint density at radius 2 is 2.12 bits per heavy atom. The maximum Gasteiger partial charge on any atom is 0.300 e. The van der Waals surface area contributed by atoms with E-state index < -0.39 is 5.97 Å². The number of aliphatic carboxylic acids is 1. The fraction of sp³-hybridized carbons (Fsp3) is 0.412. The first kappa shape index (κ1) is 18.4. The molecule has 0 aliphatic carbocycles. The highest BCUT2D eigenvalue weighted by Crippen LogP contribution is 2.39. The predicted molar refractivity (Wildman–Crippen MR) is 93.5 cm³/mol. The molecule has 8 nitrogen and oxygen atoms in total. The van der Waals surface area contributed by atoms with Gasteiger partial charge >= 0.3 is 0 Å². The molecule has 8 heteroatoms. The van der Waals surface area contributed by atoms with Crippen molar-refractivity contribution in [1.82, 2.24) is 19.9 Å². The molecule has 1 aliphatic rings. The second-order valence-corrected chi connectivity index (χ2v) is 6.43. The lowest BCUT2D eigenvalue weighted by Crippen LogP contribution is -2.29. The van der Waals surface area contributed by atoms with Gasteiger partial charge in [-0.15, -0.1) is 0 Å². The van der Waals surface area contributed by atoms with Gasteiger partial charge in [0.1, 0.15) is 23.3 Å². The minimum absolute atomic E-state index is 0.250. The van der Waals surface area contributed by atoms with Crippen molar-refractivity contribution < 1.29 is 9.90 Å². The number of carboxylic acid groups (broad SMARTS) is 1. The molecule has 3 heterocycles. The Balaban J connectivity index is 0.000000511. The first-order valence-corrected chi connectivity index (χ1v) is 7.76. The van der Waals surface area contributed by atoms with Crippen molar-refractivity contribution in [2.45, 2.75) is 39.8 Å². The Morgan fingerprint density at radius 1 is 1.52 bits per heavy atom. The smallest absolute Gasteiger partial charge is 0.300 e. The van der Waals surface area contributed by atoms with E-state index >= 15 is 0 Å². The quantitative estimate of drug-likeness (QED) is 0.718. The van der Waals surface area contributed by atoms with Crippen LogP contribution in [0.3, 0.4) is 0 Å². The number of fused-ring (bicyclic) bond motifs is 1. The maximum atomic E-state index is 9.50. The average molecular weight is 342 g/mol. The van der Waals surface area contributed by atoms with E-state index in [1.54, 1.807) is 6.20 Å². The highest BCUT2D eigenvalue weighted by molar-refractivity contribution is 5.78. The number of nitriles is 1. The molecule has 0 amide bonds. The Hall–Kier alpha value is -2.92. The number of carbonyl (C=O) groups is 1. The van der Waals surface area contributed by atoms with Crippen LogP contribution in [0.2, 0.25) is 0 Å². The predicted octanol–water partition coefficient (Wildman–Crippen LogP) is 1.67. The molecular weight excluding hydrogens is 320 g/mol. The van der Waals surface area contributed by atoms with Gasteiger partial charge in [-0.1, -0.05) is 0 Å². The van der Waals surface area contributed by atoms with Crippen molar-refractivity contribution in [2.24, 2.45) is 7.05 Å². The highest BCUT2D eigenvalue weighted by Gasteiger charge is 2.35. The summed E-state index contributed by atoms with van der Waals surface area (Å²) in [5.41, 5.74) is 9.90. The summed E-state index contributed by atoms with van der Waals surface area (Å²) in [6.07, 6.45) is 1.79. The minimum Gasteiger partial charge on any atom is -0.481 e. The van der Waals surface area contributed by atoms with E-state index in [-0.39, 0.29) is 11.4 Å². The highest BCUT2D eigenvalue weighted by atomic mass is 16.4. The van der Waals surface area contributed by atoms with E-state index in [1.807, 2.05) is 18.5 Å². The van der Waals surface area contributed by atoms with Crippen LogP contribution in [-0.4, -0.2) is 25.6 Å². The molecule has 1 aliphatic heterocycles. The van der Waals surface area contributed by atoms with Crippen LogP contribution in [0.1, 0.15) is 43.4 Å². The van der Waals surface area contributed by atoms with Crippen LogP contribution >= 0.6 is 0 Å². The summed E-state index contributed by atoms with van der Waals surface area (Å²) in [7, 11) is 1.94. The van der Waals surface area contributed by atoms with Crippen LogP contribution in [-0.2, 0) is 23.9 Å². The number of carboxylic acids is 1. The summed E-state index contributed by atoms with van der Waals surface area (Å²) in [4.78, 5) is 17.8. The Kier molecular flexibility index (Phi) is 4.81. The summed E-state index contributed by atoms with van der Waals surface area (Å²) in [6, 6.07) is 2.20. The van der Waals surface area contributed by atoms with Gasteiger partial charge in [-0.3, -0.25) is 4.79 Å². The lowest BCUT2D eigenvalue weighted by molar-refractivity contribution is -0.134. The van der Waals surface area contributed by atoms with Crippen molar-refractivity contribution in [3.63, 3.8) is 0 Å². The lowest BCUT2D eigenvalue weighted by atomic mass is 9.94. The van der Waals surface area contributed by atoms with Gasteiger partial charge in [-0.05, 0) is 20.8 Å². The Labute approximate surface area is 146 Å². The zero-order valence-electron chi connectivity index (χ0n) is 15.0. The van der Waals surface area contributed by atoms with Crippen LogP contribution in [0.15, 0.2) is 6.20 Å². The number of nitrogens with one attached hydrogen (secondary N) is 1. The third-order valence-corrected chi connectivity index (χ3v) is 4.21. The van der Waals surface area contributed by atoms with E-state index in [4.69, 9.17) is 15.6 Å². The first-order valence-electron chi connectivity index (χ1n) is 7.76. The SMILES string of the molecule is CC(=O)O.Cc1ncc(-c2c(C#N)c(N)nc3c2CNC3(C)C)n1C. The zero-order valence-corrected chi connectivity index (χ0v) is 15.0. The number of nitrogen functional groups attached to an aromatic ring is 1. The van der Waals surface area contributed by atoms with E-state index in [0.29, 0.717) is 12.1 Å². The van der Waals surface area contributed by atoms with Crippen LogP contribution in [0.4, 0.5) is 5.82 Å². The molecule has 4 N–H and O–H groups in total. The van der Waals surface area contributed by atoms with E-state index in [1.165, 1.54) is 0 Å². The summed E-state index contributed by atoms with van der Waals surface area (Å²) in [5.74, 6) is 0.338. The van der Waals surface area contributed by atoms with Crippen molar-refractivity contribution in [3.8, 4) is 17.3 Å². The molecule has 0 atom stereocenters. The van der Waals surface area contributed by atoms with Gasteiger partial charge in [0, 0.05) is 31.6 Å².